The lowest BCUT2D eigenvalue weighted by atomic mass is 9.95. The van der Waals surface area contributed by atoms with Crippen molar-refractivity contribution in [2.45, 2.75) is 13.0 Å². The number of thiazole rings is 1. The maximum Gasteiger partial charge on any atom is 0.271 e. The smallest absolute Gasteiger partial charge is 0.271 e. The number of fused-ring (bicyclic) bond motifs is 1. The number of ether oxygens (including phenoxy) is 1. The van der Waals surface area contributed by atoms with Crippen LogP contribution in [0.5, 0.6) is 11.5 Å². The molecular formula is C28H21BrClN3O4S. The molecule has 192 valence electrons. The Morgan fingerprint density at radius 2 is 1.89 bits per heavy atom. The van der Waals surface area contributed by atoms with Gasteiger partial charge in [0, 0.05) is 15.7 Å². The van der Waals surface area contributed by atoms with E-state index in [-0.39, 0.29) is 22.2 Å². The van der Waals surface area contributed by atoms with Crippen LogP contribution < -0.4 is 24.9 Å². The van der Waals surface area contributed by atoms with E-state index in [9.17, 15) is 14.7 Å². The highest BCUT2D eigenvalue weighted by Crippen LogP contribution is 2.33. The van der Waals surface area contributed by atoms with Crippen molar-refractivity contribution >= 4 is 56.5 Å². The first-order valence-corrected chi connectivity index (χ1v) is 13.5. The van der Waals surface area contributed by atoms with Gasteiger partial charge in [0.05, 0.1) is 34.0 Å². The minimum Gasteiger partial charge on any atom is -0.506 e. The number of anilines is 1. The van der Waals surface area contributed by atoms with Crippen molar-refractivity contribution in [3.63, 3.8) is 0 Å². The highest BCUT2D eigenvalue weighted by molar-refractivity contribution is 9.10. The van der Waals surface area contributed by atoms with E-state index in [0.717, 1.165) is 5.56 Å². The van der Waals surface area contributed by atoms with Gasteiger partial charge in [-0.15, -0.1) is 0 Å². The molecule has 7 nitrogen and oxygen atoms in total. The van der Waals surface area contributed by atoms with Gasteiger partial charge in [0.25, 0.3) is 11.5 Å². The third-order valence-corrected chi connectivity index (χ3v) is 7.80. The van der Waals surface area contributed by atoms with Gasteiger partial charge in [-0.05, 0) is 55.0 Å². The number of nitrogens with one attached hydrogen (secondary N) is 1. The lowest BCUT2D eigenvalue weighted by molar-refractivity contribution is -0.113. The molecule has 1 amide bonds. The molecule has 5 rings (SSSR count). The molecule has 1 aliphatic rings. The van der Waals surface area contributed by atoms with Crippen molar-refractivity contribution in [1.29, 1.82) is 0 Å². The Kier molecular flexibility index (Phi) is 7.25. The second-order valence-electron chi connectivity index (χ2n) is 8.50. The molecule has 0 spiro atoms. The zero-order chi connectivity index (χ0) is 27.0. The van der Waals surface area contributed by atoms with Gasteiger partial charge in [-0.2, -0.15) is 0 Å². The summed E-state index contributed by atoms with van der Waals surface area (Å²) in [6.07, 6.45) is 1.57. The zero-order valence-electron chi connectivity index (χ0n) is 20.2. The van der Waals surface area contributed by atoms with Crippen LogP contribution in [0.3, 0.4) is 0 Å². The third kappa shape index (κ3) is 4.92. The zero-order valence-corrected chi connectivity index (χ0v) is 23.4. The van der Waals surface area contributed by atoms with E-state index >= 15 is 0 Å². The molecule has 0 bridgehead atoms. The number of carbonyl (C=O) groups is 1. The molecule has 0 saturated carbocycles. The minimum atomic E-state index is -0.734. The summed E-state index contributed by atoms with van der Waals surface area (Å²) in [5.74, 6) is 0.162. The van der Waals surface area contributed by atoms with Crippen molar-refractivity contribution in [3.05, 3.63) is 118 Å². The van der Waals surface area contributed by atoms with Crippen molar-refractivity contribution in [1.82, 2.24) is 4.57 Å². The number of hydrogen-bond donors (Lipinski definition) is 2. The van der Waals surface area contributed by atoms with Crippen LogP contribution >= 0.6 is 38.9 Å². The van der Waals surface area contributed by atoms with E-state index < -0.39 is 6.04 Å². The molecule has 4 aromatic rings. The quantitative estimate of drug-likeness (QED) is 0.333. The normalized spacial score (nSPS) is 15.2. The van der Waals surface area contributed by atoms with Crippen molar-refractivity contribution in [2.75, 3.05) is 12.4 Å². The lowest BCUT2D eigenvalue weighted by Crippen LogP contribution is -2.40. The fraction of sp³-hybridized carbons (Fsp3) is 0.107. The first-order chi connectivity index (χ1) is 18.3. The number of allylic oxidation sites excluding steroid dienone is 1. The van der Waals surface area contributed by atoms with Gasteiger partial charge in [-0.3, -0.25) is 14.2 Å². The second-order valence-corrected chi connectivity index (χ2v) is 10.8. The fourth-order valence-electron chi connectivity index (χ4n) is 4.27. The molecule has 38 heavy (non-hydrogen) atoms. The highest BCUT2D eigenvalue weighted by Gasteiger charge is 2.32. The molecule has 3 aromatic carbocycles. The van der Waals surface area contributed by atoms with Crippen LogP contribution in [-0.2, 0) is 4.79 Å². The average Bonchev–Trinajstić information content (AvgIpc) is 3.20. The van der Waals surface area contributed by atoms with Crippen LogP contribution in [0.15, 0.2) is 92.3 Å². The Balaban J connectivity index is 1.70. The standard InChI is InChI=1S/C28H21BrClN3O4S/c1-15-23(26(35)32-19-6-4-3-5-7-19)24(16-8-10-20(37-2)11-9-16)33-27(36)22(38-28(33)31-15)13-17-12-18(29)14-21(30)25(17)34/h3-14,24,34H,1-2H3,(H,32,35)/b22-13+/t24-/m1/s1. The average molecular weight is 611 g/mol. The number of nitrogens with zero attached hydrogens (tertiary/aromatic N) is 2. The van der Waals surface area contributed by atoms with Crippen LogP contribution in [0.4, 0.5) is 5.69 Å². The van der Waals surface area contributed by atoms with E-state index in [4.69, 9.17) is 16.3 Å². The van der Waals surface area contributed by atoms with Gasteiger partial charge in [-0.1, -0.05) is 69.2 Å². The molecule has 0 fully saturated rings. The summed E-state index contributed by atoms with van der Waals surface area (Å²) in [4.78, 5) is 32.5. The molecule has 0 saturated heterocycles. The molecule has 10 heteroatoms. The van der Waals surface area contributed by atoms with E-state index in [0.29, 0.717) is 42.1 Å². The summed E-state index contributed by atoms with van der Waals surface area (Å²) >= 11 is 10.7. The number of carbonyl (C=O) groups excluding carboxylic acids is 1. The van der Waals surface area contributed by atoms with Crippen LogP contribution in [0, 0.1) is 0 Å². The molecule has 0 radical (unpaired) electrons. The Hall–Kier alpha value is -3.66. The number of rotatable bonds is 5. The summed E-state index contributed by atoms with van der Waals surface area (Å²) in [7, 11) is 1.57. The minimum absolute atomic E-state index is 0.133. The summed E-state index contributed by atoms with van der Waals surface area (Å²) in [5, 5.41) is 13.6. The number of halogens is 2. The van der Waals surface area contributed by atoms with Gasteiger partial charge < -0.3 is 15.2 Å². The summed E-state index contributed by atoms with van der Waals surface area (Å²) in [6, 6.07) is 18.8. The maximum atomic E-state index is 13.8. The molecular weight excluding hydrogens is 590 g/mol. The molecule has 1 aliphatic heterocycles. The van der Waals surface area contributed by atoms with Crippen LogP contribution in [0.2, 0.25) is 5.02 Å². The predicted octanol–water partition coefficient (Wildman–Crippen LogP) is 5.00. The fourth-order valence-corrected chi connectivity index (χ4v) is 6.14. The van der Waals surface area contributed by atoms with Gasteiger partial charge in [-0.25, -0.2) is 4.99 Å². The number of amides is 1. The summed E-state index contributed by atoms with van der Waals surface area (Å²) < 4.78 is 7.82. The number of phenolic OH excluding ortho intramolecular Hbond substituents is 1. The first-order valence-electron chi connectivity index (χ1n) is 11.5. The van der Waals surface area contributed by atoms with Crippen molar-refractivity contribution in [3.8, 4) is 11.5 Å². The van der Waals surface area contributed by atoms with E-state index in [1.54, 1.807) is 56.5 Å². The number of benzene rings is 3. The van der Waals surface area contributed by atoms with Gasteiger partial charge >= 0.3 is 0 Å². The van der Waals surface area contributed by atoms with Crippen molar-refractivity contribution < 1.29 is 14.6 Å². The van der Waals surface area contributed by atoms with Crippen molar-refractivity contribution in [2.24, 2.45) is 4.99 Å². The van der Waals surface area contributed by atoms with E-state index in [2.05, 4.69) is 26.2 Å². The molecule has 0 unspecified atom stereocenters. The highest BCUT2D eigenvalue weighted by atomic mass is 79.9. The van der Waals surface area contributed by atoms with Gasteiger partial charge in [0.2, 0.25) is 0 Å². The molecule has 2 heterocycles. The number of para-hydroxylation sites is 1. The summed E-state index contributed by atoms with van der Waals surface area (Å²) in [5.41, 5.74) is 2.24. The SMILES string of the molecule is COc1ccc([C@@H]2C(C(=O)Nc3ccccc3)=C(C)N=c3s/c(=C/c4cc(Br)cc(Cl)c4O)c(=O)n32)cc1. The Labute approximate surface area is 235 Å². The van der Waals surface area contributed by atoms with Gasteiger partial charge in [0.1, 0.15) is 11.5 Å². The first kappa shape index (κ1) is 26.0. The molecule has 1 aromatic heterocycles. The lowest BCUT2D eigenvalue weighted by Gasteiger charge is -2.25. The number of aromatic nitrogens is 1. The monoisotopic (exact) mass is 609 g/mol. The Morgan fingerprint density at radius 3 is 2.58 bits per heavy atom. The Morgan fingerprint density at radius 1 is 1.18 bits per heavy atom. The Bertz CT molecular complexity index is 1760. The number of aromatic hydroxyl groups is 1. The largest absolute Gasteiger partial charge is 0.506 e. The van der Waals surface area contributed by atoms with E-state index in [1.807, 2.05) is 30.3 Å². The van der Waals surface area contributed by atoms with Crippen LogP contribution in [0.25, 0.3) is 6.08 Å². The molecule has 1 atom stereocenters. The third-order valence-electron chi connectivity index (χ3n) is 6.07. The molecule has 2 N–H and O–H groups in total. The number of phenols is 1. The maximum absolute atomic E-state index is 13.8. The van der Waals surface area contributed by atoms with Crippen LogP contribution in [-0.4, -0.2) is 22.7 Å². The number of methoxy groups -OCH3 is 1. The second kappa shape index (κ2) is 10.6. The molecule has 0 aliphatic carbocycles. The summed E-state index contributed by atoms with van der Waals surface area (Å²) in [6.45, 7) is 1.76. The van der Waals surface area contributed by atoms with E-state index in [1.165, 1.54) is 15.9 Å². The predicted molar refractivity (Wildman–Crippen MR) is 153 cm³/mol. The van der Waals surface area contributed by atoms with Gasteiger partial charge in [0.15, 0.2) is 4.80 Å². The van der Waals surface area contributed by atoms with Crippen LogP contribution in [0.1, 0.15) is 24.1 Å². The topological polar surface area (TPSA) is 92.9 Å². The number of hydrogen-bond acceptors (Lipinski definition) is 6.